The van der Waals surface area contributed by atoms with Crippen molar-refractivity contribution in [2.75, 3.05) is 33.4 Å². The van der Waals surface area contributed by atoms with Crippen LogP contribution in [0.4, 0.5) is 0 Å². The molecule has 0 spiro atoms. The number of nitrogens with one attached hydrogen (secondary N) is 1. The number of amidine groups is 1. The zero-order valence-electron chi connectivity index (χ0n) is 9.64. The van der Waals surface area contributed by atoms with Gasteiger partial charge in [-0.2, -0.15) is 0 Å². The molecule has 0 radical (unpaired) electrons. The van der Waals surface area contributed by atoms with Gasteiger partial charge in [0.15, 0.2) is 5.17 Å². The van der Waals surface area contributed by atoms with Crippen LogP contribution in [0.15, 0.2) is 4.99 Å². The van der Waals surface area contributed by atoms with Gasteiger partial charge in [0, 0.05) is 26.6 Å². The summed E-state index contributed by atoms with van der Waals surface area (Å²) < 4.78 is 4.83. The highest BCUT2D eigenvalue weighted by Gasteiger charge is 2.40. The average molecular weight is 257 g/mol. The van der Waals surface area contributed by atoms with Crippen LogP contribution in [0.1, 0.15) is 6.42 Å². The van der Waals surface area contributed by atoms with Gasteiger partial charge in [-0.05, 0) is 0 Å². The molecule has 0 bridgehead atoms. The Morgan fingerprint density at radius 1 is 1.71 bits per heavy atom. The Kier molecular flexibility index (Phi) is 4.01. The van der Waals surface area contributed by atoms with Crippen molar-refractivity contribution in [3.05, 3.63) is 0 Å². The maximum absolute atomic E-state index is 11.9. The molecule has 1 unspecified atom stereocenters. The van der Waals surface area contributed by atoms with Crippen molar-refractivity contribution >= 4 is 28.7 Å². The van der Waals surface area contributed by atoms with E-state index in [0.29, 0.717) is 26.2 Å². The summed E-state index contributed by atoms with van der Waals surface area (Å²) in [5, 5.41) is 3.17. The second-order valence-electron chi connectivity index (χ2n) is 3.81. The maximum Gasteiger partial charge on any atom is 0.242 e. The Hall–Kier alpha value is -1.08. The third kappa shape index (κ3) is 2.78. The zero-order valence-corrected chi connectivity index (χ0v) is 10.5. The first-order chi connectivity index (χ1) is 8.22. The number of fused-ring (bicyclic) bond motifs is 1. The monoisotopic (exact) mass is 257 g/mol. The van der Waals surface area contributed by atoms with Gasteiger partial charge in [0.25, 0.3) is 0 Å². The SMILES string of the molecule is COCCNC(=O)CC1SC2=NCCN2C1=O. The predicted octanol–water partition coefficient (Wildman–Crippen LogP) is -0.547. The molecule has 2 amide bonds. The molecule has 0 saturated carbocycles. The Bertz CT molecular complexity index is 359. The Balaban J connectivity index is 1.80. The Morgan fingerprint density at radius 3 is 3.24 bits per heavy atom. The number of amides is 2. The minimum Gasteiger partial charge on any atom is -0.383 e. The number of methoxy groups -OCH3 is 1. The molecule has 0 aromatic heterocycles. The number of carbonyl (C=O) groups excluding carboxylic acids is 2. The zero-order chi connectivity index (χ0) is 12.3. The molecule has 94 valence electrons. The minimum atomic E-state index is -0.309. The summed E-state index contributed by atoms with van der Waals surface area (Å²) in [6, 6.07) is 0. The van der Waals surface area contributed by atoms with E-state index >= 15 is 0 Å². The van der Waals surface area contributed by atoms with Crippen LogP contribution >= 0.6 is 11.8 Å². The van der Waals surface area contributed by atoms with Gasteiger partial charge in [0.1, 0.15) is 5.25 Å². The van der Waals surface area contributed by atoms with Gasteiger partial charge in [0.2, 0.25) is 11.8 Å². The number of rotatable bonds is 5. The lowest BCUT2D eigenvalue weighted by Gasteiger charge is -2.10. The first-order valence-corrected chi connectivity index (χ1v) is 6.38. The van der Waals surface area contributed by atoms with Crippen LogP contribution in [0, 0.1) is 0 Å². The number of hydrogen-bond acceptors (Lipinski definition) is 5. The van der Waals surface area contributed by atoms with Crippen molar-refractivity contribution in [3.63, 3.8) is 0 Å². The molecule has 2 rings (SSSR count). The molecular weight excluding hydrogens is 242 g/mol. The predicted molar refractivity (Wildman–Crippen MR) is 64.9 cm³/mol. The van der Waals surface area contributed by atoms with Crippen molar-refractivity contribution in [2.45, 2.75) is 11.7 Å². The van der Waals surface area contributed by atoms with Crippen LogP contribution in [-0.4, -0.2) is 60.5 Å². The quantitative estimate of drug-likeness (QED) is 0.671. The summed E-state index contributed by atoms with van der Waals surface area (Å²) in [6.07, 6.45) is 0.211. The molecule has 17 heavy (non-hydrogen) atoms. The van der Waals surface area contributed by atoms with Gasteiger partial charge in [-0.1, -0.05) is 11.8 Å². The number of thioether (sulfide) groups is 1. The van der Waals surface area contributed by atoms with Gasteiger partial charge in [0.05, 0.1) is 13.2 Å². The van der Waals surface area contributed by atoms with E-state index in [9.17, 15) is 9.59 Å². The molecule has 1 atom stereocenters. The maximum atomic E-state index is 11.9. The van der Waals surface area contributed by atoms with Crippen molar-refractivity contribution in [1.82, 2.24) is 10.2 Å². The lowest BCUT2D eigenvalue weighted by molar-refractivity contribution is -0.129. The van der Waals surface area contributed by atoms with Crippen LogP contribution in [0.3, 0.4) is 0 Å². The molecule has 2 heterocycles. The molecule has 1 N–H and O–H groups in total. The van der Waals surface area contributed by atoms with E-state index in [1.165, 1.54) is 11.8 Å². The molecule has 2 aliphatic heterocycles. The first-order valence-electron chi connectivity index (χ1n) is 5.50. The second-order valence-corrected chi connectivity index (χ2v) is 4.98. The molecule has 1 saturated heterocycles. The van der Waals surface area contributed by atoms with Crippen LogP contribution < -0.4 is 5.32 Å². The Morgan fingerprint density at radius 2 is 2.53 bits per heavy atom. The van der Waals surface area contributed by atoms with E-state index in [-0.39, 0.29) is 23.5 Å². The Labute approximate surface area is 104 Å². The lowest BCUT2D eigenvalue weighted by Crippen LogP contribution is -2.34. The fourth-order valence-electron chi connectivity index (χ4n) is 1.75. The smallest absolute Gasteiger partial charge is 0.242 e. The van der Waals surface area contributed by atoms with E-state index in [1.54, 1.807) is 12.0 Å². The topological polar surface area (TPSA) is 71.0 Å². The summed E-state index contributed by atoms with van der Waals surface area (Å²) in [5.74, 6) is -0.109. The molecule has 0 aromatic rings. The normalized spacial score (nSPS) is 22.6. The lowest BCUT2D eigenvalue weighted by atomic mass is 10.2. The van der Waals surface area contributed by atoms with Crippen molar-refractivity contribution < 1.29 is 14.3 Å². The first kappa shape index (κ1) is 12.4. The van der Waals surface area contributed by atoms with E-state index in [0.717, 1.165) is 5.17 Å². The van der Waals surface area contributed by atoms with Crippen LogP contribution in [0.5, 0.6) is 0 Å². The molecule has 0 aliphatic carbocycles. The van der Waals surface area contributed by atoms with Crippen molar-refractivity contribution in [3.8, 4) is 0 Å². The summed E-state index contributed by atoms with van der Waals surface area (Å²) >= 11 is 1.39. The number of hydrogen-bond donors (Lipinski definition) is 1. The van der Waals surface area contributed by atoms with Crippen molar-refractivity contribution in [2.24, 2.45) is 4.99 Å². The highest BCUT2D eigenvalue weighted by atomic mass is 32.2. The largest absolute Gasteiger partial charge is 0.383 e. The molecule has 6 nitrogen and oxygen atoms in total. The highest BCUT2D eigenvalue weighted by Crippen LogP contribution is 2.31. The van der Waals surface area contributed by atoms with Gasteiger partial charge in [-0.25, -0.2) is 0 Å². The summed E-state index contributed by atoms with van der Waals surface area (Å²) in [7, 11) is 1.58. The summed E-state index contributed by atoms with van der Waals surface area (Å²) in [6.45, 7) is 2.30. The van der Waals surface area contributed by atoms with Gasteiger partial charge < -0.3 is 10.1 Å². The van der Waals surface area contributed by atoms with Gasteiger partial charge >= 0.3 is 0 Å². The molecule has 0 aromatic carbocycles. The number of nitrogens with zero attached hydrogens (tertiary/aromatic N) is 2. The average Bonchev–Trinajstić information content (AvgIpc) is 2.84. The van der Waals surface area contributed by atoms with Crippen LogP contribution in [0.25, 0.3) is 0 Å². The summed E-state index contributed by atoms with van der Waals surface area (Å²) in [5.41, 5.74) is 0. The number of carbonyl (C=O) groups is 2. The van der Waals surface area contributed by atoms with Crippen LogP contribution in [-0.2, 0) is 14.3 Å². The van der Waals surface area contributed by atoms with Crippen molar-refractivity contribution in [1.29, 1.82) is 0 Å². The van der Waals surface area contributed by atoms with E-state index in [1.807, 2.05) is 0 Å². The van der Waals surface area contributed by atoms with E-state index in [2.05, 4.69) is 10.3 Å². The third-order valence-corrected chi connectivity index (χ3v) is 3.80. The fraction of sp³-hybridized carbons (Fsp3) is 0.700. The molecule has 1 fully saturated rings. The summed E-state index contributed by atoms with van der Waals surface area (Å²) in [4.78, 5) is 29.3. The van der Waals surface area contributed by atoms with Gasteiger partial charge in [-0.15, -0.1) is 0 Å². The van der Waals surface area contributed by atoms with Crippen LogP contribution in [0.2, 0.25) is 0 Å². The molecular formula is C10H15N3O3S. The second kappa shape index (κ2) is 5.50. The molecule has 2 aliphatic rings. The number of aliphatic imine (C=N–C) groups is 1. The minimum absolute atomic E-state index is 0.00754. The fourth-order valence-corrected chi connectivity index (χ4v) is 2.94. The van der Waals surface area contributed by atoms with E-state index in [4.69, 9.17) is 4.74 Å². The standard InChI is InChI=1S/C10H15N3O3S/c1-16-5-3-11-8(14)6-7-9(15)13-4-2-12-10(13)17-7/h7H,2-6H2,1H3,(H,11,14). The molecule has 7 heteroatoms. The van der Waals surface area contributed by atoms with E-state index < -0.39 is 0 Å². The third-order valence-electron chi connectivity index (χ3n) is 2.59. The van der Waals surface area contributed by atoms with Gasteiger partial charge in [-0.3, -0.25) is 19.5 Å². The highest BCUT2D eigenvalue weighted by molar-refractivity contribution is 8.15. The number of ether oxygens (including phenoxy) is 1.